The Kier molecular flexibility index (Phi) is 5.21. The number of nitrogens with one attached hydrogen (secondary N) is 2. The van der Waals surface area contributed by atoms with Crippen LogP contribution in [0.2, 0.25) is 0 Å². The van der Waals surface area contributed by atoms with Crippen LogP contribution < -0.4 is 20.1 Å². The van der Waals surface area contributed by atoms with Crippen molar-refractivity contribution in [2.24, 2.45) is 9.98 Å². The molecule has 2 aliphatic rings. The van der Waals surface area contributed by atoms with Crippen molar-refractivity contribution in [2.75, 3.05) is 17.4 Å². The van der Waals surface area contributed by atoms with Crippen molar-refractivity contribution in [3.8, 4) is 11.5 Å². The molecule has 2 aromatic rings. The molecule has 9 heteroatoms. The highest BCUT2D eigenvalue weighted by molar-refractivity contribution is 6.07. The second kappa shape index (κ2) is 8.11. The Bertz CT molecular complexity index is 1040. The Balaban J connectivity index is 0.00000171. The van der Waals surface area contributed by atoms with Gasteiger partial charge in [0, 0.05) is 27.2 Å². The number of amides is 2. The first-order valence-corrected chi connectivity index (χ1v) is 8.99. The number of hydrogen-bond acceptors (Lipinski definition) is 7. The van der Waals surface area contributed by atoms with Gasteiger partial charge in [-0.3, -0.25) is 5.32 Å². The van der Waals surface area contributed by atoms with Crippen molar-refractivity contribution in [3.63, 3.8) is 0 Å². The molecule has 1 aromatic heterocycles. The van der Waals surface area contributed by atoms with Crippen LogP contribution in [0.15, 0.2) is 58.7 Å². The number of carbonyl (C=O) groups excluding carboxylic acids is 1. The molecule has 2 aliphatic heterocycles. The Morgan fingerprint density at radius 2 is 2.10 bits per heavy atom. The van der Waals surface area contributed by atoms with E-state index < -0.39 is 12.1 Å². The fourth-order valence-corrected chi connectivity index (χ4v) is 2.80. The summed E-state index contributed by atoms with van der Waals surface area (Å²) in [5.74, 6) is 1.92. The molecule has 0 bridgehead atoms. The lowest BCUT2D eigenvalue weighted by Crippen LogP contribution is -2.22. The van der Waals surface area contributed by atoms with Gasteiger partial charge in [-0.25, -0.2) is 19.8 Å². The molecule has 0 spiro atoms. The van der Waals surface area contributed by atoms with Crippen LogP contribution in [0, 0.1) is 0 Å². The molecule has 3 heterocycles. The number of anilines is 2. The van der Waals surface area contributed by atoms with Crippen LogP contribution in [0.1, 0.15) is 21.9 Å². The van der Waals surface area contributed by atoms with Crippen molar-refractivity contribution in [3.05, 3.63) is 54.4 Å². The first-order chi connectivity index (χ1) is 14.1. The van der Waals surface area contributed by atoms with Crippen LogP contribution in [0.5, 0.6) is 11.5 Å². The zero-order chi connectivity index (χ0) is 20.2. The molecule has 1 aromatic carbocycles. The number of ether oxygens (including phenoxy) is 2. The fraction of sp³-hybridized carbons (Fsp3) is 0.200. The first kappa shape index (κ1) is 18.6. The van der Waals surface area contributed by atoms with E-state index in [4.69, 9.17) is 9.47 Å². The number of carbonyl (C=O) groups is 1. The number of urea groups is 1. The number of benzene rings is 1. The number of fused-ring (bicyclic) bond motifs is 1. The summed E-state index contributed by atoms with van der Waals surface area (Å²) in [5.41, 5.74) is 1.71. The van der Waals surface area contributed by atoms with Gasteiger partial charge in [-0.05, 0) is 31.2 Å². The molecule has 1 atom stereocenters. The number of aliphatic hydroxyl groups excluding tert-OH is 1. The molecule has 9 nitrogen and oxygen atoms in total. The third-order valence-corrected chi connectivity index (χ3v) is 4.24. The first-order valence-electron chi connectivity index (χ1n) is 8.99. The molecule has 0 fully saturated rings. The number of nitrogens with zero attached hydrogens (tertiary/aromatic N) is 3. The van der Waals surface area contributed by atoms with Crippen molar-refractivity contribution >= 4 is 29.1 Å². The molecule has 29 heavy (non-hydrogen) atoms. The monoisotopic (exact) mass is 397 g/mol. The summed E-state index contributed by atoms with van der Waals surface area (Å²) in [7, 11) is 0. The smallest absolute Gasteiger partial charge is 0.324 e. The summed E-state index contributed by atoms with van der Waals surface area (Å²) in [5, 5.41) is 15.4. The maximum atomic E-state index is 12.3. The Labute approximate surface area is 169 Å². The quantitative estimate of drug-likeness (QED) is 0.686. The summed E-state index contributed by atoms with van der Waals surface area (Å²) in [6.45, 7) is 1.94. The van der Waals surface area contributed by atoms with Crippen LogP contribution in [-0.4, -0.2) is 40.6 Å². The van der Waals surface area contributed by atoms with Gasteiger partial charge >= 0.3 is 6.03 Å². The van der Waals surface area contributed by atoms with E-state index in [0.29, 0.717) is 46.7 Å². The SMILES string of the molecule is CC(=NC1=NC=CCC1O)c1cccc(NC(=O)Nc2ccc3c(c2)OCO3)n1.[HH].[HH]. The maximum Gasteiger partial charge on any atom is 0.324 e. The third kappa shape index (κ3) is 4.41. The van der Waals surface area contributed by atoms with E-state index in [0.717, 1.165) is 0 Å². The van der Waals surface area contributed by atoms with Crippen molar-refractivity contribution in [2.45, 2.75) is 19.4 Å². The van der Waals surface area contributed by atoms with E-state index >= 15 is 0 Å². The van der Waals surface area contributed by atoms with Gasteiger partial charge in [0.15, 0.2) is 17.3 Å². The topological polar surface area (TPSA) is 117 Å². The fourth-order valence-electron chi connectivity index (χ4n) is 2.80. The number of aliphatic hydroxyl groups is 1. The molecule has 152 valence electrons. The molecule has 0 saturated heterocycles. The molecular formula is C20H23N5O4. The average molecular weight is 397 g/mol. The molecule has 0 saturated carbocycles. The van der Waals surface area contributed by atoms with Crippen LogP contribution in [0.25, 0.3) is 0 Å². The van der Waals surface area contributed by atoms with Crippen molar-refractivity contribution in [1.82, 2.24) is 4.98 Å². The van der Waals surface area contributed by atoms with Crippen molar-refractivity contribution < 1.29 is 22.2 Å². The van der Waals surface area contributed by atoms with E-state index in [-0.39, 0.29) is 9.65 Å². The highest BCUT2D eigenvalue weighted by Crippen LogP contribution is 2.34. The number of rotatable bonds is 3. The Hall–Kier alpha value is -3.72. The summed E-state index contributed by atoms with van der Waals surface area (Å²) in [6.07, 6.45) is 3.14. The van der Waals surface area contributed by atoms with E-state index in [2.05, 4.69) is 25.6 Å². The molecule has 0 aliphatic carbocycles. The molecular weight excluding hydrogens is 374 g/mol. The lowest BCUT2D eigenvalue weighted by molar-refractivity contribution is 0.174. The lowest BCUT2D eigenvalue weighted by Gasteiger charge is -2.12. The molecule has 3 N–H and O–H groups in total. The normalized spacial score (nSPS) is 17.7. The summed E-state index contributed by atoms with van der Waals surface area (Å²) >= 11 is 0. The van der Waals surface area contributed by atoms with Crippen LogP contribution in [-0.2, 0) is 0 Å². The van der Waals surface area contributed by atoms with Gasteiger partial charge in [0.05, 0.1) is 11.4 Å². The summed E-state index contributed by atoms with van der Waals surface area (Å²) in [6, 6.07) is 9.90. The van der Waals surface area contributed by atoms with E-state index in [1.54, 1.807) is 55.6 Å². The molecule has 1 unspecified atom stereocenters. The van der Waals surface area contributed by atoms with E-state index in [9.17, 15) is 9.90 Å². The van der Waals surface area contributed by atoms with Gasteiger partial charge in [-0.2, -0.15) is 0 Å². The zero-order valence-corrected chi connectivity index (χ0v) is 15.6. The highest BCUT2D eigenvalue weighted by atomic mass is 16.7. The highest BCUT2D eigenvalue weighted by Gasteiger charge is 2.15. The van der Waals surface area contributed by atoms with Crippen LogP contribution in [0.3, 0.4) is 0 Å². The van der Waals surface area contributed by atoms with Gasteiger partial charge in [-0.15, -0.1) is 0 Å². The standard InChI is InChI=1S/C20H19N5O4.2H2/c1-12(22-19-15(26)5-3-9-21-19)14-4-2-6-18(24-14)25-20(27)23-13-7-8-16-17(10-13)29-11-28-16;;/h2-4,6-10,15,26H,5,11H2,1H3,(H2,23,24,25,27);2*1H. The Morgan fingerprint density at radius 3 is 2.97 bits per heavy atom. The largest absolute Gasteiger partial charge is 0.454 e. The summed E-state index contributed by atoms with van der Waals surface area (Å²) < 4.78 is 10.6. The number of aromatic nitrogens is 1. The zero-order valence-electron chi connectivity index (χ0n) is 15.6. The number of amidine groups is 1. The van der Waals surface area contributed by atoms with E-state index in [1.807, 2.05) is 0 Å². The lowest BCUT2D eigenvalue weighted by atomic mass is 10.2. The minimum atomic E-state index is -0.733. The second-order valence-corrected chi connectivity index (χ2v) is 6.38. The number of hydrogen-bond donors (Lipinski definition) is 3. The minimum Gasteiger partial charge on any atom is -0.454 e. The van der Waals surface area contributed by atoms with Crippen LogP contribution in [0.4, 0.5) is 16.3 Å². The molecule has 0 radical (unpaired) electrons. The van der Waals surface area contributed by atoms with Gasteiger partial charge in [0.2, 0.25) is 6.79 Å². The predicted octanol–water partition coefficient (Wildman–Crippen LogP) is 3.43. The molecule has 4 rings (SSSR count). The number of aliphatic imine (C=N–C) groups is 2. The summed E-state index contributed by atoms with van der Waals surface area (Å²) in [4.78, 5) is 25.1. The predicted molar refractivity (Wildman–Crippen MR) is 113 cm³/mol. The second-order valence-electron chi connectivity index (χ2n) is 6.38. The van der Waals surface area contributed by atoms with E-state index in [1.165, 1.54) is 0 Å². The van der Waals surface area contributed by atoms with Gasteiger partial charge in [-0.1, -0.05) is 12.1 Å². The third-order valence-electron chi connectivity index (χ3n) is 4.24. The van der Waals surface area contributed by atoms with Gasteiger partial charge in [0.1, 0.15) is 11.9 Å². The van der Waals surface area contributed by atoms with Gasteiger partial charge < -0.3 is 19.9 Å². The average Bonchev–Trinajstić information content (AvgIpc) is 3.17. The molecule has 2 amide bonds. The van der Waals surface area contributed by atoms with Gasteiger partial charge in [0.25, 0.3) is 0 Å². The van der Waals surface area contributed by atoms with Crippen LogP contribution >= 0.6 is 0 Å². The minimum absolute atomic E-state index is 0. The Morgan fingerprint density at radius 1 is 1.24 bits per heavy atom. The number of pyridine rings is 1. The maximum absolute atomic E-state index is 12.3. The van der Waals surface area contributed by atoms with Crippen molar-refractivity contribution in [1.29, 1.82) is 0 Å².